The van der Waals surface area contributed by atoms with Crippen LogP contribution < -0.4 is 5.56 Å². The molecule has 0 N–H and O–H groups in total. The van der Waals surface area contributed by atoms with Crippen molar-refractivity contribution < 1.29 is 0 Å². The molecule has 0 saturated heterocycles. The summed E-state index contributed by atoms with van der Waals surface area (Å²) in [7, 11) is 0. The largest absolute Gasteiger partial charge is 0.292 e. The van der Waals surface area contributed by atoms with E-state index in [1.165, 1.54) is 15.9 Å². The number of hydrogen-bond donors (Lipinski definition) is 0. The minimum absolute atomic E-state index is 0.0833. The highest BCUT2D eigenvalue weighted by Crippen LogP contribution is 2.35. The number of aromatic nitrogens is 4. The summed E-state index contributed by atoms with van der Waals surface area (Å²) in [6.07, 6.45) is 1.55. The zero-order chi connectivity index (χ0) is 16.7. The maximum Gasteiger partial charge on any atom is 0.262 e. The SMILES string of the molecule is Cc1c(-c2ccccc2)sc2ncn(Cc3nnsc3Cl)c(=O)c12. The van der Waals surface area contributed by atoms with Crippen LogP contribution in [0.1, 0.15) is 11.3 Å². The molecule has 0 radical (unpaired) electrons. The first-order valence-electron chi connectivity index (χ1n) is 7.16. The summed E-state index contributed by atoms with van der Waals surface area (Å²) in [6, 6.07) is 10.0. The van der Waals surface area contributed by atoms with Crippen LogP contribution >= 0.6 is 34.5 Å². The first-order chi connectivity index (χ1) is 11.6. The van der Waals surface area contributed by atoms with Gasteiger partial charge in [-0.2, -0.15) is 0 Å². The van der Waals surface area contributed by atoms with E-state index in [0.29, 0.717) is 15.4 Å². The van der Waals surface area contributed by atoms with Gasteiger partial charge in [0.15, 0.2) is 0 Å². The average Bonchev–Trinajstić information content (AvgIpc) is 3.15. The lowest BCUT2D eigenvalue weighted by atomic mass is 10.1. The van der Waals surface area contributed by atoms with Gasteiger partial charge in [-0.25, -0.2) is 4.98 Å². The molecule has 0 amide bonds. The Morgan fingerprint density at radius 2 is 2.04 bits per heavy atom. The molecule has 24 heavy (non-hydrogen) atoms. The average molecular weight is 375 g/mol. The molecular formula is C16H11ClN4OS2. The van der Waals surface area contributed by atoms with Gasteiger partial charge in [0.25, 0.3) is 5.56 Å². The predicted molar refractivity (Wildman–Crippen MR) is 98.1 cm³/mol. The van der Waals surface area contributed by atoms with Crippen molar-refractivity contribution in [1.29, 1.82) is 0 Å². The van der Waals surface area contributed by atoms with E-state index in [0.717, 1.165) is 32.4 Å². The van der Waals surface area contributed by atoms with Gasteiger partial charge in [-0.3, -0.25) is 9.36 Å². The van der Waals surface area contributed by atoms with Crippen LogP contribution in [-0.2, 0) is 6.54 Å². The van der Waals surface area contributed by atoms with Gasteiger partial charge >= 0.3 is 0 Å². The van der Waals surface area contributed by atoms with Crippen molar-refractivity contribution in [3.63, 3.8) is 0 Å². The Labute approximate surface area is 150 Å². The second-order valence-electron chi connectivity index (χ2n) is 5.27. The number of rotatable bonds is 3. The van der Waals surface area contributed by atoms with Crippen LogP contribution in [0.25, 0.3) is 20.7 Å². The van der Waals surface area contributed by atoms with E-state index in [1.807, 2.05) is 37.3 Å². The van der Waals surface area contributed by atoms with E-state index in [9.17, 15) is 4.79 Å². The molecule has 0 spiro atoms. The van der Waals surface area contributed by atoms with Crippen LogP contribution in [0.5, 0.6) is 0 Å². The van der Waals surface area contributed by atoms with E-state index in [4.69, 9.17) is 11.6 Å². The first-order valence-corrected chi connectivity index (χ1v) is 9.12. The van der Waals surface area contributed by atoms with Crippen LogP contribution in [0.4, 0.5) is 0 Å². The Balaban J connectivity index is 1.86. The van der Waals surface area contributed by atoms with Crippen molar-refractivity contribution in [2.24, 2.45) is 0 Å². The van der Waals surface area contributed by atoms with Gasteiger partial charge in [0.1, 0.15) is 14.9 Å². The number of aryl methyl sites for hydroxylation is 1. The minimum Gasteiger partial charge on any atom is -0.292 e. The molecule has 0 aliphatic rings. The highest BCUT2D eigenvalue weighted by Gasteiger charge is 2.16. The van der Waals surface area contributed by atoms with Crippen LogP contribution in [0.15, 0.2) is 41.5 Å². The third-order valence-corrected chi connectivity index (χ3v) is 6.02. The molecule has 3 heterocycles. The normalized spacial score (nSPS) is 11.2. The second kappa shape index (κ2) is 6.08. The van der Waals surface area contributed by atoms with Crippen LogP contribution in [0.3, 0.4) is 0 Å². The number of benzene rings is 1. The highest BCUT2D eigenvalue weighted by atomic mass is 35.5. The molecule has 3 aromatic heterocycles. The number of halogens is 1. The van der Waals surface area contributed by atoms with E-state index in [-0.39, 0.29) is 12.1 Å². The summed E-state index contributed by atoms with van der Waals surface area (Å²) in [5.41, 5.74) is 2.55. The van der Waals surface area contributed by atoms with Gasteiger partial charge in [-0.05, 0) is 18.1 Å². The summed E-state index contributed by atoms with van der Waals surface area (Å²) in [5.74, 6) is 0. The predicted octanol–water partition coefficient (Wildman–Crippen LogP) is 3.99. The zero-order valence-electron chi connectivity index (χ0n) is 12.6. The number of hydrogen-bond acceptors (Lipinski definition) is 6. The molecule has 0 saturated carbocycles. The summed E-state index contributed by atoms with van der Waals surface area (Å²) in [5, 5.41) is 4.61. The van der Waals surface area contributed by atoms with E-state index in [1.54, 1.807) is 6.33 Å². The molecule has 120 valence electrons. The molecular weight excluding hydrogens is 364 g/mol. The van der Waals surface area contributed by atoms with Gasteiger partial charge in [0, 0.05) is 16.4 Å². The molecule has 4 rings (SSSR count). The maximum atomic E-state index is 12.9. The fourth-order valence-corrected chi connectivity index (χ4v) is 4.35. The Kier molecular flexibility index (Phi) is 3.91. The molecule has 1 aromatic carbocycles. The monoisotopic (exact) mass is 374 g/mol. The molecule has 0 bridgehead atoms. The summed E-state index contributed by atoms with van der Waals surface area (Å²) < 4.78 is 5.82. The molecule has 0 aliphatic carbocycles. The summed E-state index contributed by atoms with van der Waals surface area (Å²) in [6.45, 7) is 2.24. The Morgan fingerprint density at radius 1 is 1.25 bits per heavy atom. The summed E-state index contributed by atoms with van der Waals surface area (Å²) in [4.78, 5) is 19.1. The van der Waals surface area contributed by atoms with Crippen molar-refractivity contribution in [1.82, 2.24) is 19.1 Å². The lowest BCUT2D eigenvalue weighted by molar-refractivity contribution is 0.727. The van der Waals surface area contributed by atoms with Crippen molar-refractivity contribution in [2.45, 2.75) is 13.5 Å². The molecule has 0 fully saturated rings. The van der Waals surface area contributed by atoms with Crippen LogP contribution in [0.2, 0.25) is 4.34 Å². The van der Waals surface area contributed by atoms with Gasteiger partial charge in [0.2, 0.25) is 0 Å². The molecule has 0 aliphatic heterocycles. The van der Waals surface area contributed by atoms with Crippen molar-refractivity contribution in [3.8, 4) is 10.4 Å². The molecule has 4 aromatic rings. The highest BCUT2D eigenvalue weighted by molar-refractivity contribution is 7.22. The Bertz CT molecular complexity index is 1080. The van der Waals surface area contributed by atoms with Crippen molar-refractivity contribution >= 4 is 44.7 Å². The number of thiophene rings is 1. The van der Waals surface area contributed by atoms with E-state index < -0.39 is 0 Å². The summed E-state index contributed by atoms with van der Waals surface area (Å²) >= 11 is 8.68. The quantitative estimate of drug-likeness (QED) is 0.544. The lowest BCUT2D eigenvalue weighted by Gasteiger charge is -2.03. The molecule has 0 atom stereocenters. The second-order valence-corrected chi connectivity index (χ2v) is 7.63. The lowest BCUT2D eigenvalue weighted by Crippen LogP contribution is -2.21. The topological polar surface area (TPSA) is 60.7 Å². The minimum atomic E-state index is -0.0833. The first kappa shape index (κ1) is 15.4. The molecule has 0 unspecified atom stereocenters. The molecule has 5 nitrogen and oxygen atoms in total. The van der Waals surface area contributed by atoms with E-state index in [2.05, 4.69) is 14.6 Å². The fourth-order valence-electron chi connectivity index (χ4n) is 2.59. The number of fused-ring (bicyclic) bond motifs is 1. The van der Waals surface area contributed by atoms with Crippen LogP contribution in [0, 0.1) is 6.92 Å². The van der Waals surface area contributed by atoms with Gasteiger partial charge in [-0.1, -0.05) is 46.4 Å². The maximum absolute atomic E-state index is 12.9. The molecule has 8 heteroatoms. The Morgan fingerprint density at radius 3 is 2.75 bits per heavy atom. The standard InChI is InChI=1S/C16H11ClN4OS2/c1-9-12-15(23-13(9)10-5-3-2-4-6-10)18-8-21(16(12)22)7-11-14(17)24-20-19-11/h2-6,8H,7H2,1H3. The Hall–Kier alpha value is -2.09. The van der Waals surface area contributed by atoms with Gasteiger partial charge in [0.05, 0.1) is 18.3 Å². The van der Waals surface area contributed by atoms with E-state index >= 15 is 0 Å². The van der Waals surface area contributed by atoms with Crippen molar-refractivity contribution in [3.05, 3.63) is 62.6 Å². The zero-order valence-corrected chi connectivity index (χ0v) is 15.0. The fraction of sp³-hybridized carbons (Fsp3) is 0.125. The van der Waals surface area contributed by atoms with Crippen molar-refractivity contribution in [2.75, 3.05) is 0 Å². The number of nitrogens with zero attached hydrogens (tertiary/aromatic N) is 4. The van der Waals surface area contributed by atoms with Gasteiger partial charge < -0.3 is 0 Å². The van der Waals surface area contributed by atoms with Gasteiger partial charge in [-0.15, -0.1) is 16.4 Å². The smallest absolute Gasteiger partial charge is 0.262 e. The third kappa shape index (κ3) is 2.54. The third-order valence-electron chi connectivity index (χ3n) is 3.78. The van der Waals surface area contributed by atoms with Crippen LogP contribution in [-0.4, -0.2) is 19.1 Å².